The first kappa shape index (κ1) is 40.1. The second-order valence-corrected chi connectivity index (χ2v) is 17.4. The first-order valence-electron chi connectivity index (χ1n) is 20.7. The van der Waals surface area contributed by atoms with Crippen LogP contribution in [0.15, 0.2) is 30.6 Å². The zero-order chi connectivity index (χ0) is 41.7. The fourth-order valence-corrected chi connectivity index (χ4v) is 10.3. The molecule has 0 bridgehead atoms. The van der Waals surface area contributed by atoms with E-state index in [0.29, 0.717) is 54.0 Å². The van der Waals surface area contributed by atoms with Crippen molar-refractivity contribution >= 4 is 62.3 Å². The van der Waals surface area contributed by atoms with E-state index < -0.39 is 47.7 Å². The van der Waals surface area contributed by atoms with Gasteiger partial charge in [-0.1, -0.05) is 17.4 Å². The minimum Gasteiger partial charge on any atom is -0.382 e. The number of hydrogen-bond acceptors (Lipinski definition) is 13. The Morgan fingerprint density at radius 2 is 1.75 bits per heavy atom. The number of anilines is 3. The fourth-order valence-electron chi connectivity index (χ4n) is 9.42. The zero-order valence-electron chi connectivity index (χ0n) is 33.1. The van der Waals surface area contributed by atoms with Gasteiger partial charge in [-0.05, 0) is 82.9 Å². The smallest absolute Gasteiger partial charge is 0.284 e. The number of hydrogen-bond donors (Lipinski definition) is 3. The summed E-state index contributed by atoms with van der Waals surface area (Å²) in [5.74, 6) is -2.23. The molecule has 3 aliphatic heterocycles. The van der Waals surface area contributed by atoms with Gasteiger partial charge in [-0.15, -0.1) is 5.10 Å². The van der Waals surface area contributed by atoms with E-state index in [9.17, 15) is 32.8 Å². The molecular formula is C40H47F2N11O6S. The molecule has 0 spiro atoms. The van der Waals surface area contributed by atoms with Gasteiger partial charge in [0.2, 0.25) is 21.9 Å². The molecule has 6 heterocycles. The summed E-state index contributed by atoms with van der Waals surface area (Å²) in [5, 5.41) is 18.0. The summed E-state index contributed by atoms with van der Waals surface area (Å²) in [6, 6.07) is 4.54. The number of halogens is 2. The van der Waals surface area contributed by atoms with Crippen molar-refractivity contribution < 1.29 is 37.5 Å². The number of imide groups is 2. The molecule has 318 valence electrons. The van der Waals surface area contributed by atoms with Crippen LogP contribution in [-0.2, 0) is 14.3 Å². The predicted octanol–water partition coefficient (Wildman–Crippen LogP) is 4.50. The van der Waals surface area contributed by atoms with Gasteiger partial charge in [-0.25, -0.2) is 13.8 Å². The molecule has 17 nitrogen and oxygen atoms in total. The molecule has 4 fully saturated rings. The van der Waals surface area contributed by atoms with Crippen molar-refractivity contribution in [1.29, 1.82) is 0 Å². The monoisotopic (exact) mass is 847 g/mol. The third-order valence-electron chi connectivity index (χ3n) is 12.7. The van der Waals surface area contributed by atoms with Gasteiger partial charge in [0.15, 0.2) is 11.4 Å². The number of nitrogens with zero attached hydrogens (tertiary/aromatic N) is 8. The number of aromatic nitrogens is 5. The summed E-state index contributed by atoms with van der Waals surface area (Å²) < 4.78 is 36.9. The third-order valence-corrected chi connectivity index (χ3v) is 13.7. The minimum atomic E-state index is -2.87. The van der Waals surface area contributed by atoms with Crippen molar-refractivity contribution in [3.63, 3.8) is 0 Å². The quantitative estimate of drug-likeness (QED) is 0.180. The van der Waals surface area contributed by atoms with Crippen LogP contribution in [0.2, 0.25) is 0 Å². The van der Waals surface area contributed by atoms with Gasteiger partial charge >= 0.3 is 0 Å². The highest BCUT2D eigenvalue weighted by atomic mass is 32.1. The maximum Gasteiger partial charge on any atom is 0.284 e. The largest absolute Gasteiger partial charge is 0.382 e. The number of alkyl halides is 2. The number of nitrogens with one attached hydrogen (secondary N) is 3. The van der Waals surface area contributed by atoms with Crippen molar-refractivity contribution in [3.8, 4) is 0 Å². The molecule has 3 N–H and O–H groups in total. The average Bonchev–Trinajstić information content (AvgIpc) is 4.02. The summed E-state index contributed by atoms with van der Waals surface area (Å²) in [4.78, 5) is 74.8. The molecule has 2 aliphatic carbocycles. The maximum atomic E-state index is 14.2. The zero-order valence-corrected chi connectivity index (χ0v) is 34.0. The van der Waals surface area contributed by atoms with Gasteiger partial charge in [-0.3, -0.25) is 38.9 Å². The third kappa shape index (κ3) is 7.75. The van der Waals surface area contributed by atoms with E-state index in [0.717, 1.165) is 62.8 Å². The number of benzene rings is 1. The Labute approximate surface area is 347 Å². The maximum absolute atomic E-state index is 14.2. The molecule has 2 saturated carbocycles. The standard InChI is InChI=1S/C40H47F2N11O6S/c1-49(24-11-7-23(8-12-24)44-27-4-2-3-26-32(27)38(58)52(37(26)57)29-13-14-31(54)46-35(29)55)20-22-5-9-25(10-6-22)51-21-28(33(47-51)34(41)42)45-36(56)30-19-43-39-53(30)48-40(60-39)50-15-17-59-18-16-50/h2-4,19,21-25,29,34,44H,5-18,20H2,1H3,(H,45,56)(H,46,54,55)/t22?,23-,24-,25?,29?. The number of amides is 5. The first-order chi connectivity index (χ1) is 29.0. The number of carbonyl (C=O) groups is 5. The van der Waals surface area contributed by atoms with Gasteiger partial charge < -0.3 is 25.2 Å². The topological polar surface area (TPSA) is 188 Å². The molecule has 60 heavy (non-hydrogen) atoms. The average molecular weight is 848 g/mol. The summed E-state index contributed by atoms with van der Waals surface area (Å²) in [5.41, 5.74) is 0.773. The van der Waals surface area contributed by atoms with Crippen LogP contribution in [0.25, 0.3) is 4.96 Å². The Morgan fingerprint density at radius 1 is 0.983 bits per heavy atom. The van der Waals surface area contributed by atoms with Crippen molar-refractivity contribution in [1.82, 2.24) is 39.5 Å². The molecule has 20 heteroatoms. The molecule has 1 aromatic carbocycles. The van der Waals surface area contributed by atoms with Crippen molar-refractivity contribution in [2.24, 2.45) is 5.92 Å². The molecular weight excluding hydrogens is 801 g/mol. The van der Waals surface area contributed by atoms with E-state index in [-0.39, 0.29) is 47.4 Å². The number of fused-ring (bicyclic) bond motifs is 2. The van der Waals surface area contributed by atoms with Gasteiger partial charge in [0.05, 0.1) is 42.3 Å². The summed E-state index contributed by atoms with van der Waals surface area (Å²) in [6.07, 6.45) is 7.28. The van der Waals surface area contributed by atoms with Crippen LogP contribution in [0.5, 0.6) is 0 Å². The molecule has 5 amide bonds. The van der Waals surface area contributed by atoms with Crippen molar-refractivity contribution in [2.75, 3.05) is 55.4 Å². The van der Waals surface area contributed by atoms with E-state index in [1.54, 1.807) is 22.9 Å². The molecule has 4 aromatic rings. The number of piperidine rings is 1. The van der Waals surface area contributed by atoms with Crippen LogP contribution in [0.1, 0.15) is 114 Å². The fraction of sp³-hybridized carbons (Fsp3) is 0.550. The van der Waals surface area contributed by atoms with Crippen LogP contribution in [0.3, 0.4) is 0 Å². The minimum absolute atomic E-state index is 0.0218. The van der Waals surface area contributed by atoms with Gasteiger partial charge in [0.1, 0.15) is 6.04 Å². The number of rotatable bonds is 11. The second kappa shape index (κ2) is 16.6. The number of morpholine rings is 1. The van der Waals surface area contributed by atoms with Crippen LogP contribution < -0.4 is 20.9 Å². The Bertz CT molecular complexity index is 2310. The Hall–Kier alpha value is -5.34. The molecule has 3 aromatic heterocycles. The summed E-state index contributed by atoms with van der Waals surface area (Å²) in [7, 11) is 2.16. The lowest BCUT2D eigenvalue weighted by atomic mass is 9.84. The molecule has 1 atom stereocenters. The lowest BCUT2D eigenvalue weighted by Crippen LogP contribution is -2.54. The van der Waals surface area contributed by atoms with Crippen LogP contribution in [0, 0.1) is 5.92 Å². The van der Waals surface area contributed by atoms with Crippen molar-refractivity contribution in [3.05, 3.63) is 53.1 Å². The normalized spacial score (nSPS) is 25.1. The van der Waals surface area contributed by atoms with E-state index in [1.165, 1.54) is 28.2 Å². The van der Waals surface area contributed by atoms with Crippen molar-refractivity contribution in [2.45, 2.75) is 94.8 Å². The van der Waals surface area contributed by atoms with E-state index in [4.69, 9.17) is 4.74 Å². The van der Waals surface area contributed by atoms with Gasteiger partial charge in [0, 0.05) is 50.0 Å². The first-order valence-corrected chi connectivity index (χ1v) is 21.5. The lowest BCUT2D eigenvalue weighted by Gasteiger charge is -2.38. The highest BCUT2D eigenvalue weighted by Gasteiger charge is 2.46. The second-order valence-electron chi connectivity index (χ2n) is 16.4. The van der Waals surface area contributed by atoms with E-state index in [2.05, 4.69) is 48.0 Å². The molecule has 9 rings (SSSR count). The van der Waals surface area contributed by atoms with Gasteiger partial charge in [0.25, 0.3) is 24.1 Å². The summed E-state index contributed by atoms with van der Waals surface area (Å²) in [6.45, 7) is 3.45. The Kier molecular flexibility index (Phi) is 11.1. The lowest BCUT2D eigenvalue weighted by molar-refractivity contribution is -0.136. The Morgan fingerprint density at radius 3 is 2.48 bits per heavy atom. The Balaban J connectivity index is 0.762. The molecule has 0 radical (unpaired) electrons. The molecule has 1 unspecified atom stereocenters. The highest BCUT2D eigenvalue weighted by Crippen LogP contribution is 2.38. The van der Waals surface area contributed by atoms with Crippen LogP contribution in [-0.4, -0.2) is 122 Å². The summed E-state index contributed by atoms with van der Waals surface area (Å²) >= 11 is 1.35. The SMILES string of the molecule is CN(CC1CCC(n2cc(NC(=O)c3cnc4sc(N5CCOCC5)nn34)c(C(F)F)n2)CC1)[C@H]1CC[C@H](Nc2cccc3c2C(=O)N(C2CCC(=O)NC2=O)C3=O)CC1. The van der Waals surface area contributed by atoms with Crippen LogP contribution >= 0.6 is 11.3 Å². The van der Waals surface area contributed by atoms with Crippen LogP contribution in [0.4, 0.5) is 25.3 Å². The molecule has 5 aliphatic rings. The number of imidazole rings is 1. The number of ether oxygens (including phenoxy) is 1. The number of carbonyl (C=O) groups excluding carboxylic acids is 5. The molecule has 2 saturated heterocycles. The highest BCUT2D eigenvalue weighted by molar-refractivity contribution is 7.20. The van der Waals surface area contributed by atoms with E-state index in [1.807, 2.05) is 0 Å². The van der Waals surface area contributed by atoms with Gasteiger partial charge in [-0.2, -0.15) is 9.61 Å². The van der Waals surface area contributed by atoms with E-state index >= 15 is 0 Å². The predicted molar refractivity (Wildman–Crippen MR) is 215 cm³/mol.